The van der Waals surface area contributed by atoms with E-state index in [0.29, 0.717) is 6.54 Å². The van der Waals surface area contributed by atoms with Crippen LogP contribution in [0.1, 0.15) is 54.5 Å². The van der Waals surface area contributed by atoms with E-state index in [1.807, 2.05) is 18.2 Å². The molecule has 0 aromatic heterocycles. The number of hydrogen-bond donors (Lipinski definition) is 0. The van der Waals surface area contributed by atoms with Crippen LogP contribution in [0.2, 0.25) is 0 Å². The van der Waals surface area contributed by atoms with Crippen molar-refractivity contribution in [1.29, 1.82) is 0 Å². The van der Waals surface area contributed by atoms with Crippen LogP contribution in [0.15, 0.2) is 216 Å². The van der Waals surface area contributed by atoms with Gasteiger partial charge in [-0.05, 0) is 118 Å². The number of benzene rings is 6. The molecule has 7 rings (SSSR count). The summed E-state index contributed by atoms with van der Waals surface area (Å²) in [6.07, 6.45) is 13.3. The molecule has 0 aliphatic heterocycles. The molecule has 0 N–H and O–H groups in total. The summed E-state index contributed by atoms with van der Waals surface area (Å²) in [5, 5.41) is 0. The largest absolute Gasteiger partial charge is 0.261 e. The predicted octanol–water partition coefficient (Wildman–Crippen LogP) is 13.8. The van der Waals surface area contributed by atoms with Gasteiger partial charge >= 0.3 is 0 Å². The number of allylic oxidation sites excluding steroid dienone is 7. The number of aliphatic imine (C=N–C) groups is 2. The van der Waals surface area contributed by atoms with Crippen molar-refractivity contribution in [2.45, 2.75) is 26.7 Å². The molecule has 1 aliphatic carbocycles. The number of rotatable bonds is 11. The highest BCUT2D eigenvalue weighted by molar-refractivity contribution is 6.12. The zero-order chi connectivity index (χ0) is 37.8. The normalized spacial score (nSPS) is 13.7. The molecule has 0 fully saturated rings. The maximum atomic E-state index is 5.10. The molecule has 0 saturated heterocycles. The maximum Gasteiger partial charge on any atom is 0.155 e. The zero-order valence-electron chi connectivity index (χ0n) is 31.7. The van der Waals surface area contributed by atoms with Crippen LogP contribution in [0.25, 0.3) is 39.0 Å². The lowest BCUT2D eigenvalue weighted by Gasteiger charge is -2.12. The van der Waals surface area contributed by atoms with Gasteiger partial charge in [0.05, 0.1) is 6.54 Å². The molecule has 6 aromatic rings. The minimum absolute atomic E-state index is 0.595. The van der Waals surface area contributed by atoms with Crippen LogP contribution in [0.5, 0.6) is 0 Å². The molecular formula is C53H46N2. The number of amidine groups is 1. The Bertz CT molecular complexity index is 2460. The predicted molar refractivity (Wildman–Crippen MR) is 237 cm³/mol. The Morgan fingerprint density at radius 2 is 1.07 bits per heavy atom. The maximum absolute atomic E-state index is 5.10. The number of hydrogen-bond acceptors (Lipinski definition) is 1. The molecule has 0 heterocycles. The van der Waals surface area contributed by atoms with Gasteiger partial charge in [-0.25, -0.2) is 4.99 Å². The molecule has 0 bridgehead atoms. The first-order chi connectivity index (χ1) is 27.0. The highest BCUT2D eigenvalue weighted by atomic mass is 14.9. The van der Waals surface area contributed by atoms with Crippen molar-refractivity contribution < 1.29 is 0 Å². The molecule has 2 heteroatoms. The van der Waals surface area contributed by atoms with Crippen LogP contribution in [0, 0.1) is 0 Å². The van der Waals surface area contributed by atoms with E-state index in [0.717, 1.165) is 68.9 Å². The van der Waals surface area contributed by atoms with E-state index < -0.39 is 0 Å². The average Bonchev–Trinajstić information content (AvgIpc) is 3.26. The van der Waals surface area contributed by atoms with Crippen molar-refractivity contribution in [3.8, 4) is 22.3 Å². The third kappa shape index (κ3) is 9.67. The van der Waals surface area contributed by atoms with Gasteiger partial charge in [0.2, 0.25) is 0 Å². The van der Waals surface area contributed by atoms with E-state index >= 15 is 0 Å². The van der Waals surface area contributed by atoms with Crippen molar-refractivity contribution in [3.05, 3.63) is 234 Å². The third-order valence-electron chi connectivity index (χ3n) is 9.87. The van der Waals surface area contributed by atoms with Gasteiger partial charge in [0.1, 0.15) is 0 Å². The summed E-state index contributed by atoms with van der Waals surface area (Å²) in [6, 6.07) is 57.4. The summed E-state index contributed by atoms with van der Waals surface area (Å²) in [6.45, 7) is 9.43. The van der Waals surface area contributed by atoms with Crippen molar-refractivity contribution in [2.24, 2.45) is 9.98 Å². The lowest BCUT2D eigenvalue weighted by molar-refractivity contribution is 0.994. The molecular weight excluding hydrogens is 665 g/mol. The quantitative estimate of drug-likeness (QED) is 0.0726. The van der Waals surface area contributed by atoms with E-state index in [9.17, 15) is 0 Å². The topological polar surface area (TPSA) is 24.7 Å². The summed E-state index contributed by atoms with van der Waals surface area (Å²) in [5.41, 5.74) is 15.4. The molecule has 6 aromatic carbocycles. The second-order valence-corrected chi connectivity index (χ2v) is 13.9. The summed E-state index contributed by atoms with van der Waals surface area (Å²) in [4.78, 5) is 10.2. The van der Waals surface area contributed by atoms with Crippen LogP contribution >= 0.6 is 0 Å². The first-order valence-corrected chi connectivity index (χ1v) is 19.0. The molecule has 0 radical (unpaired) electrons. The third-order valence-corrected chi connectivity index (χ3v) is 9.87. The van der Waals surface area contributed by atoms with E-state index in [1.54, 1.807) is 0 Å². The van der Waals surface area contributed by atoms with E-state index in [4.69, 9.17) is 9.98 Å². The fourth-order valence-corrected chi connectivity index (χ4v) is 6.79. The molecule has 0 atom stereocenters. The minimum Gasteiger partial charge on any atom is -0.261 e. The monoisotopic (exact) mass is 710 g/mol. The highest BCUT2D eigenvalue weighted by Crippen LogP contribution is 2.31. The molecule has 0 saturated carbocycles. The summed E-state index contributed by atoms with van der Waals surface area (Å²) in [5.74, 6) is 0.731. The Morgan fingerprint density at radius 1 is 0.545 bits per heavy atom. The molecule has 268 valence electrons. The van der Waals surface area contributed by atoms with Crippen molar-refractivity contribution in [1.82, 2.24) is 0 Å². The summed E-state index contributed by atoms with van der Waals surface area (Å²) >= 11 is 0. The van der Waals surface area contributed by atoms with Crippen molar-refractivity contribution >= 4 is 28.3 Å². The fraction of sp³-hybridized carbons (Fsp3) is 0.0943. The van der Waals surface area contributed by atoms with Gasteiger partial charge in [-0.15, -0.1) is 0 Å². The molecule has 0 unspecified atom stereocenters. The van der Waals surface area contributed by atoms with Gasteiger partial charge in [0.25, 0.3) is 0 Å². The standard InChI is InChI=1S/C53H46N2/c1-39(43-21-10-5-11-22-43)33-52(50-31-17-28-47(36-50)45-25-14-7-15-26-45)34-40(2)46-27-16-29-48(35-46)49-30-18-32-51(37-49)53(54-38-42-19-8-4-9-20-42)55-41(3)44-23-12-6-13-24-44/h5-8,10-37H,2,4,9,38H2,1,3H3/b39-33+,52-34+,54-53?,55-41?. The molecule has 1 aliphatic rings. The van der Waals surface area contributed by atoms with E-state index in [-0.39, 0.29) is 0 Å². The average molecular weight is 711 g/mol. The van der Waals surface area contributed by atoms with Gasteiger partial charge in [-0.3, -0.25) is 4.99 Å². The van der Waals surface area contributed by atoms with Gasteiger partial charge in [-0.1, -0.05) is 176 Å². The van der Waals surface area contributed by atoms with Gasteiger partial charge in [0.15, 0.2) is 5.84 Å². The van der Waals surface area contributed by atoms with Gasteiger partial charge < -0.3 is 0 Å². The molecule has 55 heavy (non-hydrogen) atoms. The Labute approximate surface area is 326 Å². The van der Waals surface area contributed by atoms with Crippen LogP contribution in [0.4, 0.5) is 0 Å². The van der Waals surface area contributed by atoms with Crippen molar-refractivity contribution in [2.75, 3.05) is 6.54 Å². The second-order valence-electron chi connectivity index (χ2n) is 13.9. The van der Waals surface area contributed by atoms with Crippen molar-refractivity contribution in [3.63, 3.8) is 0 Å². The van der Waals surface area contributed by atoms with Crippen LogP contribution < -0.4 is 0 Å². The first-order valence-electron chi connectivity index (χ1n) is 19.0. The van der Waals surface area contributed by atoms with Crippen LogP contribution in [-0.2, 0) is 0 Å². The summed E-state index contributed by atoms with van der Waals surface area (Å²) in [7, 11) is 0. The zero-order valence-corrected chi connectivity index (χ0v) is 31.7. The van der Waals surface area contributed by atoms with Gasteiger partial charge in [0, 0.05) is 11.3 Å². The lowest BCUT2D eigenvalue weighted by atomic mass is 9.93. The summed E-state index contributed by atoms with van der Waals surface area (Å²) < 4.78 is 0. The fourth-order valence-electron chi connectivity index (χ4n) is 6.79. The number of nitrogens with zero attached hydrogens (tertiary/aromatic N) is 2. The van der Waals surface area contributed by atoms with Gasteiger partial charge in [-0.2, -0.15) is 0 Å². The molecule has 2 nitrogen and oxygen atoms in total. The van der Waals surface area contributed by atoms with E-state index in [1.165, 1.54) is 27.8 Å². The SMILES string of the molecule is C=C(/C=C(\C=C(/C)c1ccccc1)c1cccc(-c2ccccc2)c1)c1cccc(-c2cccc(C(N=C(C)c3ccccc3)=NCC3=CCCC=C3)c2)c1. The Balaban J connectivity index is 1.23. The van der Waals surface area contributed by atoms with Crippen LogP contribution in [-0.4, -0.2) is 18.1 Å². The minimum atomic E-state index is 0.595. The second kappa shape index (κ2) is 17.9. The molecule has 0 amide bonds. The first kappa shape index (κ1) is 36.7. The Hall–Kier alpha value is -6.64. The smallest absolute Gasteiger partial charge is 0.155 e. The Morgan fingerprint density at radius 3 is 1.73 bits per heavy atom. The lowest BCUT2D eigenvalue weighted by Crippen LogP contribution is -2.05. The van der Waals surface area contributed by atoms with E-state index in [2.05, 4.69) is 196 Å². The van der Waals surface area contributed by atoms with Crippen LogP contribution in [0.3, 0.4) is 0 Å². The Kier molecular flexibility index (Phi) is 12.0. The molecule has 0 spiro atoms. The highest BCUT2D eigenvalue weighted by Gasteiger charge is 2.11.